The highest BCUT2D eigenvalue weighted by atomic mass is 31.1. The molecule has 0 amide bonds. The van der Waals surface area contributed by atoms with Crippen molar-refractivity contribution in [1.82, 2.24) is 0 Å². The second-order valence-corrected chi connectivity index (χ2v) is 5.50. The number of aryl methyl sites for hydroxylation is 2. The molecule has 1 rings (SSSR count). The van der Waals surface area contributed by atoms with Gasteiger partial charge in [0.15, 0.2) is 0 Å². The molecule has 15 heavy (non-hydrogen) atoms. The van der Waals surface area contributed by atoms with Crippen LogP contribution in [0.3, 0.4) is 0 Å². The molecule has 0 fully saturated rings. The molecule has 0 aliphatic rings. The van der Waals surface area contributed by atoms with Crippen molar-refractivity contribution in [2.45, 2.75) is 39.8 Å². The average molecular weight is 221 g/mol. The molecule has 1 atom stereocenters. The summed E-state index contributed by atoms with van der Waals surface area (Å²) in [6.07, 6.45) is 1.05. The van der Waals surface area contributed by atoms with Crippen molar-refractivity contribution in [2.24, 2.45) is 0 Å². The van der Waals surface area contributed by atoms with Gasteiger partial charge < -0.3 is 5.11 Å². The van der Waals surface area contributed by atoms with E-state index in [9.17, 15) is 5.11 Å². The molecule has 1 aromatic carbocycles. The predicted molar refractivity (Wildman–Crippen MR) is 66.7 cm³/mol. The van der Waals surface area contributed by atoms with Crippen LogP contribution in [0.2, 0.25) is 0 Å². The largest absolute Gasteiger partial charge is 0.824 e. The van der Waals surface area contributed by atoms with E-state index in [2.05, 4.69) is 13.8 Å². The van der Waals surface area contributed by atoms with E-state index in [1.807, 2.05) is 32.0 Å². The molecule has 0 N–H and O–H groups in total. The molecule has 0 aliphatic heterocycles. The van der Waals surface area contributed by atoms with Gasteiger partial charge in [-0.15, -0.1) is 13.7 Å². The number of benzene rings is 1. The van der Waals surface area contributed by atoms with Crippen LogP contribution in [-0.4, -0.2) is 11.1 Å². The molecule has 1 unspecified atom stereocenters. The molecule has 0 radical (unpaired) electrons. The van der Waals surface area contributed by atoms with Crippen LogP contribution >= 0.6 is 8.20 Å². The molecule has 0 aliphatic carbocycles. The Morgan fingerprint density at radius 2 is 1.87 bits per heavy atom. The first-order chi connectivity index (χ1) is 7.06. The summed E-state index contributed by atoms with van der Waals surface area (Å²) in [6, 6.07) is 6.01. The van der Waals surface area contributed by atoms with Crippen molar-refractivity contribution in [2.75, 3.05) is 0 Å². The molecule has 0 spiro atoms. The van der Waals surface area contributed by atoms with Gasteiger partial charge in [0.05, 0.1) is 0 Å². The number of hydrogen-bond donors (Lipinski definition) is 0. The smallest absolute Gasteiger partial charge is 0.00317 e. The Bertz CT molecular complexity index is 349. The molecule has 0 bridgehead atoms. The number of rotatable bonds is 3. The predicted octanol–water partition coefficient (Wildman–Crippen LogP) is 2.89. The maximum Gasteiger partial charge on any atom is -0.00317 e. The molecule has 2 heteroatoms. The van der Waals surface area contributed by atoms with Gasteiger partial charge in [-0.1, -0.05) is 32.0 Å². The van der Waals surface area contributed by atoms with E-state index < -0.39 is 0 Å². The molecule has 1 nitrogen and oxygen atoms in total. The van der Waals surface area contributed by atoms with Crippen LogP contribution < -0.4 is 5.11 Å². The third-order valence-electron chi connectivity index (χ3n) is 2.62. The Morgan fingerprint density at radius 3 is 2.33 bits per heavy atom. The van der Waals surface area contributed by atoms with Gasteiger partial charge in [-0.2, -0.15) is 0 Å². The average Bonchev–Trinajstić information content (AvgIpc) is 2.17. The SMILES string of the molecule is CCC(C)P=C([O-])c1c(C)cccc1C. The van der Waals surface area contributed by atoms with Crippen LogP contribution in [0.1, 0.15) is 37.0 Å². The van der Waals surface area contributed by atoms with E-state index in [0.29, 0.717) is 5.66 Å². The summed E-state index contributed by atoms with van der Waals surface area (Å²) >= 11 is 0. The van der Waals surface area contributed by atoms with Crippen LogP contribution in [0, 0.1) is 13.8 Å². The summed E-state index contributed by atoms with van der Waals surface area (Å²) in [7, 11) is 0.927. The van der Waals surface area contributed by atoms with E-state index >= 15 is 0 Å². The topological polar surface area (TPSA) is 23.1 Å². The first-order valence-electron chi connectivity index (χ1n) is 5.37. The van der Waals surface area contributed by atoms with Crippen molar-refractivity contribution in [1.29, 1.82) is 0 Å². The highest BCUT2D eigenvalue weighted by Crippen LogP contribution is 2.19. The van der Waals surface area contributed by atoms with Crippen molar-refractivity contribution < 1.29 is 5.11 Å². The Morgan fingerprint density at radius 1 is 1.33 bits per heavy atom. The van der Waals surface area contributed by atoms with E-state index in [4.69, 9.17) is 0 Å². The minimum absolute atomic E-state index is 0.264. The Hall–Kier alpha value is -0.650. The molecular formula is C13H18OP-. The van der Waals surface area contributed by atoms with Crippen LogP contribution in [0.4, 0.5) is 0 Å². The fourth-order valence-corrected chi connectivity index (χ4v) is 2.57. The monoisotopic (exact) mass is 221 g/mol. The molecule has 1 aromatic rings. The van der Waals surface area contributed by atoms with Crippen LogP contribution in [-0.2, 0) is 0 Å². The van der Waals surface area contributed by atoms with Gasteiger partial charge in [0.2, 0.25) is 0 Å². The summed E-state index contributed by atoms with van der Waals surface area (Å²) in [5, 5.41) is 12.0. The second-order valence-electron chi connectivity index (χ2n) is 3.96. The molecule has 0 saturated heterocycles. The fraction of sp³-hybridized carbons (Fsp3) is 0.462. The number of hydrogen-bond acceptors (Lipinski definition) is 1. The van der Waals surface area contributed by atoms with Crippen LogP contribution in [0.5, 0.6) is 0 Å². The first-order valence-corrected chi connectivity index (χ1v) is 6.34. The molecule has 0 heterocycles. The Balaban J connectivity index is 3.10. The van der Waals surface area contributed by atoms with Gasteiger partial charge in [0.25, 0.3) is 0 Å². The van der Waals surface area contributed by atoms with Crippen molar-refractivity contribution in [3.8, 4) is 0 Å². The summed E-state index contributed by atoms with van der Waals surface area (Å²) in [4.78, 5) is 0. The lowest BCUT2D eigenvalue weighted by molar-refractivity contribution is -0.207. The van der Waals surface area contributed by atoms with Gasteiger partial charge >= 0.3 is 0 Å². The third kappa shape index (κ3) is 3.15. The zero-order valence-corrected chi connectivity index (χ0v) is 10.8. The lowest BCUT2D eigenvalue weighted by Crippen LogP contribution is -2.20. The molecule has 82 valence electrons. The summed E-state index contributed by atoms with van der Waals surface area (Å²) in [5.41, 5.74) is 3.82. The lowest BCUT2D eigenvalue weighted by Gasteiger charge is -2.19. The van der Waals surface area contributed by atoms with Crippen molar-refractivity contribution >= 4 is 13.7 Å². The van der Waals surface area contributed by atoms with Crippen LogP contribution in [0.25, 0.3) is 0 Å². The maximum absolute atomic E-state index is 12.0. The molecular weight excluding hydrogens is 203 g/mol. The standard InChI is InChI=1S/C13H19OP/c1-5-11(4)15-13(14)12-9(2)7-6-8-10(12)3/h6-8,11,14H,5H2,1-4H3/p-1. The van der Waals surface area contributed by atoms with Crippen molar-refractivity contribution in [3.05, 3.63) is 34.9 Å². The fourth-order valence-electron chi connectivity index (χ4n) is 1.51. The Labute approximate surface area is 94.0 Å². The molecule has 0 saturated carbocycles. The normalized spacial score (nSPS) is 14.1. The second kappa shape index (κ2) is 5.44. The quantitative estimate of drug-likeness (QED) is 0.720. The maximum atomic E-state index is 12.0. The Kier molecular flexibility index (Phi) is 4.50. The summed E-state index contributed by atoms with van der Waals surface area (Å²) < 4.78 is 0. The highest BCUT2D eigenvalue weighted by molar-refractivity contribution is 7.41. The zero-order valence-electron chi connectivity index (χ0n) is 9.87. The van der Waals surface area contributed by atoms with Crippen LogP contribution in [0.15, 0.2) is 18.2 Å². The minimum Gasteiger partial charge on any atom is -0.824 e. The van der Waals surface area contributed by atoms with E-state index in [1.54, 1.807) is 0 Å². The van der Waals surface area contributed by atoms with E-state index in [0.717, 1.165) is 31.3 Å². The third-order valence-corrected chi connectivity index (χ3v) is 3.89. The van der Waals surface area contributed by atoms with Gasteiger partial charge in [-0.05, 0) is 42.6 Å². The zero-order chi connectivity index (χ0) is 11.4. The summed E-state index contributed by atoms with van der Waals surface area (Å²) in [6.45, 7) is 8.25. The van der Waals surface area contributed by atoms with Gasteiger partial charge in [-0.3, -0.25) is 0 Å². The minimum atomic E-state index is 0.264. The summed E-state index contributed by atoms with van der Waals surface area (Å²) in [5.74, 6) is 0. The van der Waals surface area contributed by atoms with Gasteiger partial charge in [0, 0.05) is 0 Å². The first kappa shape index (κ1) is 12.4. The van der Waals surface area contributed by atoms with Gasteiger partial charge in [0.1, 0.15) is 0 Å². The van der Waals surface area contributed by atoms with E-state index in [-0.39, 0.29) is 5.48 Å². The van der Waals surface area contributed by atoms with Gasteiger partial charge in [-0.25, -0.2) is 0 Å². The van der Waals surface area contributed by atoms with E-state index in [1.165, 1.54) is 0 Å². The lowest BCUT2D eigenvalue weighted by atomic mass is 10.0. The molecule has 0 aromatic heterocycles. The van der Waals surface area contributed by atoms with Crippen molar-refractivity contribution in [3.63, 3.8) is 0 Å². The highest BCUT2D eigenvalue weighted by Gasteiger charge is 2.01.